The molecule has 2 rings (SSSR count). The van der Waals surface area contributed by atoms with E-state index in [9.17, 15) is 10.2 Å². The Kier molecular flexibility index (Phi) is 3.29. The summed E-state index contributed by atoms with van der Waals surface area (Å²) in [7, 11) is 0. The van der Waals surface area contributed by atoms with Crippen molar-refractivity contribution in [3.05, 3.63) is 42.1 Å². The number of rotatable bonds is 3. The summed E-state index contributed by atoms with van der Waals surface area (Å²) in [6.07, 6.45) is 2.92. The van der Waals surface area contributed by atoms with E-state index in [1.54, 1.807) is 24.4 Å². The number of anilines is 1. The number of hydrazone groups is 1. The van der Waals surface area contributed by atoms with Gasteiger partial charge in [0.05, 0.1) is 6.21 Å². The lowest BCUT2D eigenvalue weighted by Gasteiger charge is -2.03. The normalized spacial score (nSPS) is 10.7. The number of aromatic hydroxyl groups is 3. The van der Waals surface area contributed by atoms with E-state index in [0.717, 1.165) is 0 Å². The molecule has 0 unspecified atom stereocenters. The number of nitrogens with one attached hydrogen (secondary N) is 1. The highest BCUT2D eigenvalue weighted by Crippen LogP contribution is 2.36. The lowest BCUT2D eigenvalue weighted by molar-refractivity contribution is 0.367. The number of hydrogen-bond acceptors (Lipinski definition) is 6. The van der Waals surface area contributed by atoms with Crippen LogP contribution in [-0.2, 0) is 0 Å². The van der Waals surface area contributed by atoms with Gasteiger partial charge in [0.1, 0.15) is 5.82 Å². The van der Waals surface area contributed by atoms with Crippen molar-refractivity contribution in [3.8, 4) is 17.2 Å². The molecule has 0 atom stereocenters. The Morgan fingerprint density at radius 1 is 1.06 bits per heavy atom. The number of hydrogen-bond donors (Lipinski definition) is 4. The number of benzene rings is 1. The van der Waals surface area contributed by atoms with Crippen molar-refractivity contribution in [1.82, 2.24) is 4.98 Å². The zero-order chi connectivity index (χ0) is 13.0. The predicted octanol–water partition coefficient (Wildman–Crippen LogP) is 1.64. The molecule has 4 N–H and O–H groups in total. The first-order valence-corrected chi connectivity index (χ1v) is 5.12. The van der Waals surface area contributed by atoms with Crippen molar-refractivity contribution in [2.75, 3.05) is 5.43 Å². The largest absolute Gasteiger partial charge is 0.504 e. The molecule has 6 heteroatoms. The first-order valence-electron chi connectivity index (χ1n) is 5.12. The summed E-state index contributed by atoms with van der Waals surface area (Å²) in [6, 6.07) is 7.99. The maximum atomic E-state index is 9.53. The number of pyridine rings is 1. The summed E-state index contributed by atoms with van der Waals surface area (Å²) in [6.45, 7) is 0. The number of aromatic nitrogens is 1. The van der Waals surface area contributed by atoms with Crippen LogP contribution in [0.1, 0.15) is 5.56 Å². The maximum Gasteiger partial charge on any atom is 0.200 e. The van der Waals surface area contributed by atoms with Gasteiger partial charge in [0, 0.05) is 11.8 Å². The second-order valence-electron chi connectivity index (χ2n) is 3.46. The summed E-state index contributed by atoms with van der Waals surface area (Å²) >= 11 is 0. The van der Waals surface area contributed by atoms with Crippen molar-refractivity contribution in [2.45, 2.75) is 0 Å². The molecule has 0 aliphatic rings. The van der Waals surface area contributed by atoms with Crippen molar-refractivity contribution in [1.29, 1.82) is 0 Å². The molecule has 18 heavy (non-hydrogen) atoms. The molecule has 0 aliphatic carbocycles. The Morgan fingerprint density at radius 3 is 2.61 bits per heavy atom. The lowest BCUT2D eigenvalue weighted by Crippen LogP contribution is -1.92. The van der Waals surface area contributed by atoms with Gasteiger partial charge in [-0.05, 0) is 24.3 Å². The summed E-state index contributed by atoms with van der Waals surface area (Å²) < 4.78 is 0. The van der Waals surface area contributed by atoms with Gasteiger partial charge in [0.25, 0.3) is 0 Å². The minimum atomic E-state index is -0.572. The Labute approximate surface area is 103 Å². The molecule has 0 spiro atoms. The maximum absolute atomic E-state index is 9.53. The summed E-state index contributed by atoms with van der Waals surface area (Å²) in [5, 5.41) is 31.8. The highest BCUT2D eigenvalue weighted by molar-refractivity contribution is 5.86. The molecule has 0 fully saturated rings. The average molecular weight is 245 g/mol. The molecule has 0 bridgehead atoms. The van der Waals surface area contributed by atoms with Gasteiger partial charge >= 0.3 is 0 Å². The molecule has 1 heterocycles. The summed E-state index contributed by atoms with van der Waals surface area (Å²) in [4.78, 5) is 3.99. The minimum Gasteiger partial charge on any atom is -0.504 e. The highest BCUT2D eigenvalue weighted by Gasteiger charge is 2.08. The lowest BCUT2D eigenvalue weighted by atomic mass is 10.2. The van der Waals surface area contributed by atoms with Gasteiger partial charge < -0.3 is 15.3 Å². The highest BCUT2D eigenvalue weighted by atomic mass is 16.3. The molecule has 0 radical (unpaired) electrons. The third-order valence-corrected chi connectivity index (χ3v) is 2.21. The van der Waals surface area contributed by atoms with Crippen LogP contribution in [0.3, 0.4) is 0 Å². The molecular weight excluding hydrogens is 234 g/mol. The molecule has 92 valence electrons. The monoisotopic (exact) mass is 245 g/mol. The Morgan fingerprint density at radius 2 is 1.89 bits per heavy atom. The molecule has 0 saturated heterocycles. The van der Waals surface area contributed by atoms with Crippen LogP contribution in [0.15, 0.2) is 41.6 Å². The Balaban J connectivity index is 2.13. The first kappa shape index (κ1) is 11.7. The molecule has 6 nitrogen and oxygen atoms in total. The first-order chi connectivity index (χ1) is 8.68. The van der Waals surface area contributed by atoms with E-state index in [2.05, 4.69) is 15.5 Å². The van der Waals surface area contributed by atoms with Crippen molar-refractivity contribution in [2.24, 2.45) is 5.10 Å². The van der Waals surface area contributed by atoms with Gasteiger partial charge in [0.15, 0.2) is 11.5 Å². The van der Waals surface area contributed by atoms with Gasteiger partial charge in [-0.15, -0.1) is 0 Å². The van der Waals surface area contributed by atoms with E-state index < -0.39 is 11.5 Å². The summed E-state index contributed by atoms with van der Waals surface area (Å²) in [5.74, 6) is -0.836. The standard InChI is InChI=1S/C12H11N3O3/c16-9-5-4-8(11(17)12(9)18)7-14-15-10-3-1-2-6-13-10/h1-7,16-18H,(H,13,15)/b14-7-. The summed E-state index contributed by atoms with van der Waals surface area (Å²) in [5.41, 5.74) is 2.93. The van der Waals surface area contributed by atoms with E-state index in [0.29, 0.717) is 5.82 Å². The molecule has 0 saturated carbocycles. The third kappa shape index (κ3) is 2.49. The zero-order valence-corrected chi connectivity index (χ0v) is 9.28. The molecular formula is C12H11N3O3. The molecule has 1 aromatic carbocycles. The van der Waals surface area contributed by atoms with Crippen LogP contribution in [0.5, 0.6) is 17.2 Å². The number of phenolic OH excluding ortho intramolecular Hbond substituents is 3. The predicted molar refractivity (Wildman–Crippen MR) is 66.9 cm³/mol. The molecule has 0 aliphatic heterocycles. The SMILES string of the molecule is Oc1ccc(/C=N\Nc2ccccn2)c(O)c1O. The number of phenols is 3. The Hall–Kier alpha value is -2.76. The van der Waals surface area contributed by atoms with E-state index in [4.69, 9.17) is 5.11 Å². The van der Waals surface area contributed by atoms with E-state index in [1.807, 2.05) is 0 Å². The third-order valence-electron chi connectivity index (χ3n) is 2.21. The van der Waals surface area contributed by atoms with Crippen molar-refractivity contribution in [3.63, 3.8) is 0 Å². The number of nitrogens with zero attached hydrogens (tertiary/aromatic N) is 2. The van der Waals surface area contributed by atoms with Gasteiger partial charge in [-0.2, -0.15) is 5.10 Å². The smallest absolute Gasteiger partial charge is 0.200 e. The average Bonchev–Trinajstić information content (AvgIpc) is 2.40. The molecule has 1 aromatic heterocycles. The molecule has 2 aromatic rings. The van der Waals surface area contributed by atoms with E-state index in [1.165, 1.54) is 18.3 Å². The van der Waals surface area contributed by atoms with Crippen LogP contribution in [0, 0.1) is 0 Å². The molecule has 0 amide bonds. The fourth-order valence-electron chi connectivity index (χ4n) is 1.29. The van der Waals surface area contributed by atoms with Gasteiger partial charge in [-0.25, -0.2) is 4.98 Å². The van der Waals surface area contributed by atoms with E-state index >= 15 is 0 Å². The van der Waals surface area contributed by atoms with Crippen molar-refractivity contribution < 1.29 is 15.3 Å². The fraction of sp³-hybridized carbons (Fsp3) is 0. The second kappa shape index (κ2) is 5.05. The van der Waals surface area contributed by atoms with Crippen LogP contribution in [0.2, 0.25) is 0 Å². The minimum absolute atomic E-state index is 0.272. The van der Waals surface area contributed by atoms with Gasteiger partial charge in [-0.1, -0.05) is 6.07 Å². The van der Waals surface area contributed by atoms with Crippen LogP contribution in [0.4, 0.5) is 5.82 Å². The second-order valence-corrected chi connectivity index (χ2v) is 3.46. The quantitative estimate of drug-likeness (QED) is 0.374. The zero-order valence-electron chi connectivity index (χ0n) is 9.28. The Bertz CT molecular complexity index is 570. The van der Waals surface area contributed by atoms with Crippen LogP contribution in [0.25, 0.3) is 0 Å². The van der Waals surface area contributed by atoms with E-state index in [-0.39, 0.29) is 11.3 Å². The van der Waals surface area contributed by atoms with Gasteiger partial charge in [-0.3, -0.25) is 5.43 Å². The fourth-order valence-corrected chi connectivity index (χ4v) is 1.29. The van der Waals surface area contributed by atoms with Crippen LogP contribution >= 0.6 is 0 Å². The van der Waals surface area contributed by atoms with Gasteiger partial charge in [0.2, 0.25) is 5.75 Å². The van der Waals surface area contributed by atoms with Crippen molar-refractivity contribution >= 4 is 12.0 Å². The van der Waals surface area contributed by atoms with Crippen LogP contribution < -0.4 is 5.43 Å². The van der Waals surface area contributed by atoms with Crippen LogP contribution in [-0.4, -0.2) is 26.5 Å². The topological polar surface area (TPSA) is 98.0 Å².